The predicted molar refractivity (Wildman–Crippen MR) is 96.1 cm³/mol. The van der Waals surface area contributed by atoms with Crippen LogP contribution in [-0.2, 0) is 6.54 Å². The van der Waals surface area contributed by atoms with E-state index < -0.39 is 0 Å². The highest BCUT2D eigenvalue weighted by atomic mass is 16.3. The fourth-order valence-corrected chi connectivity index (χ4v) is 2.88. The van der Waals surface area contributed by atoms with Crippen LogP contribution in [0.3, 0.4) is 0 Å². The van der Waals surface area contributed by atoms with E-state index in [0.717, 1.165) is 27.3 Å². The number of benzene rings is 3. The molecule has 24 heavy (non-hydrogen) atoms. The largest absolute Gasteiger partial charge is 0.451 e. The Bertz CT molecular complexity index is 1030. The van der Waals surface area contributed by atoms with Crippen molar-refractivity contribution < 1.29 is 9.21 Å². The van der Waals surface area contributed by atoms with Crippen molar-refractivity contribution in [1.29, 1.82) is 0 Å². The minimum atomic E-state index is -0.198. The van der Waals surface area contributed by atoms with E-state index in [1.165, 1.54) is 5.56 Å². The van der Waals surface area contributed by atoms with Crippen LogP contribution in [0.15, 0.2) is 71.1 Å². The van der Waals surface area contributed by atoms with Crippen molar-refractivity contribution >= 4 is 27.6 Å². The third-order valence-electron chi connectivity index (χ3n) is 4.22. The summed E-state index contributed by atoms with van der Waals surface area (Å²) in [6.07, 6.45) is 0. The van der Waals surface area contributed by atoms with Crippen molar-refractivity contribution in [1.82, 2.24) is 5.32 Å². The second kappa shape index (κ2) is 5.85. The minimum Gasteiger partial charge on any atom is -0.451 e. The lowest BCUT2D eigenvalue weighted by atomic mass is 10.1. The zero-order chi connectivity index (χ0) is 16.5. The number of nitrogens with one attached hydrogen (secondary N) is 1. The number of carbonyl (C=O) groups excluding carboxylic acids is 1. The Balaban J connectivity index is 1.60. The minimum absolute atomic E-state index is 0.198. The zero-order valence-corrected chi connectivity index (χ0v) is 13.4. The average Bonchev–Trinajstić information content (AvgIpc) is 3.06. The molecular formula is C21H17NO2. The summed E-state index contributed by atoms with van der Waals surface area (Å²) in [5, 5.41) is 6.11. The molecule has 118 valence electrons. The molecule has 1 aromatic heterocycles. The molecule has 3 heteroatoms. The zero-order valence-electron chi connectivity index (χ0n) is 13.4. The molecule has 0 spiro atoms. The Morgan fingerprint density at radius 2 is 1.75 bits per heavy atom. The summed E-state index contributed by atoms with van der Waals surface area (Å²) in [4.78, 5) is 12.4. The number of fused-ring (bicyclic) bond motifs is 3. The Labute approximate surface area is 139 Å². The van der Waals surface area contributed by atoms with Gasteiger partial charge in [-0.3, -0.25) is 4.79 Å². The summed E-state index contributed by atoms with van der Waals surface area (Å²) >= 11 is 0. The standard InChI is InChI=1S/C21H17NO2/c1-14-6-8-15(9-7-14)13-22-21(23)20-12-18-17-5-3-2-4-16(17)10-11-19(18)24-20/h2-12H,13H2,1H3,(H,22,23). The highest BCUT2D eigenvalue weighted by Gasteiger charge is 2.13. The fraction of sp³-hybridized carbons (Fsp3) is 0.0952. The molecule has 3 nitrogen and oxygen atoms in total. The molecule has 0 bridgehead atoms. The van der Waals surface area contributed by atoms with E-state index in [4.69, 9.17) is 4.42 Å². The van der Waals surface area contributed by atoms with E-state index >= 15 is 0 Å². The monoisotopic (exact) mass is 315 g/mol. The molecule has 0 unspecified atom stereocenters. The average molecular weight is 315 g/mol. The third kappa shape index (κ3) is 2.65. The van der Waals surface area contributed by atoms with Crippen LogP contribution in [0.25, 0.3) is 21.7 Å². The van der Waals surface area contributed by atoms with Gasteiger partial charge < -0.3 is 9.73 Å². The van der Waals surface area contributed by atoms with Gasteiger partial charge in [0.05, 0.1) is 0 Å². The number of amides is 1. The summed E-state index contributed by atoms with van der Waals surface area (Å²) in [5.41, 5.74) is 3.00. The Morgan fingerprint density at radius 3 is 2.58 bits per heavy atom. The van der Waals surface area contributed by atoms with Gasteiger partial charge in [0.2, 0.25) is 0 Å². The van der Waals surface area contributed by atoms with Gasteiger partial charge in [0.1, 0.15) is 5.58 Å². The van der Waals surface area contributed by atoms with Gasteiger partial charge in [-0.05, 0) is 35.4 Å². The molecule has 0 aliphatic rings. The molecule has 4 aromatic rings. The SMILES string of the molecule is Cc1ccc(CNC(=O)c2cc3c(ccc4ccccc43)o2)cc1. The van der Waals surface area contributed by atoms with E-state index in [2.05, 4.69) is 11.4 Å². The molecule has 0 fully saturated rings. The normalized spacial score (nSPS) is 11.0. The number of hydrogen-bond acceptors (Lipinski definition) is 2. The maximum absolute atomic E-state index is 12.4. The lowest BCUT2D eigenvalue weighted by Gasteiger charge is -2.03. The highest BCUT2D eigenvalue weighted by molar-refractivity contribution is 6.08. The van der Waals surface area contributed by atoms with Gasteiger partial charge in [0.25, 0.3) is 5.91 Å². The lowest BCUT2D eigenvalue weighted by Crippen LogP contribution is -2.22. The predicted octanol–water partition coefficient (Wildman–Crippen LogP) is 4.82. The van der Waals surface area contributed by atoms with Crippen LogP contribution in [0.1, 0.15) is 21.7 Å². The maximum atomic E-state index is 12.4. The molecule has 4 rings (SSSR count). The second-order valence-corrected chi connectivity index (χ2v) is 5.98. The molecule has 0 radical (unpaired) electrons. The van der Waals surface area contributed by atoms with Gasteiger partial charge in [-0.2, -0.15) is 0 Å². The molecule has 1 heterocycles. The highest BCUT2D eigenvalue weighted by Crippen LogP contribution is 2.28. The first kappa shape index (κ1) is 14.5. The maximum Gasteiger partial charge on any atom is 0.287 e. The smallest absolute Gasteiger partial charge is 0.287 e. The quantitative estimate of drug-likeness (QED) is 0.588. The summed E-state index contributed by atoms with van der Waals surface area (Å²) in [5.74, 6) is 0.143. The molecule has 0 aliphatic heterocycles. The number of aryl methyl sites for hydroxylation is 1. The molecule has 0 saturated heterocycles. The molecule has 0 atom stereocenters. The van der Waals surface area contributed by atoms with E-state index in [9.17, 15) is 4.79 Å². The summed E-state index contributed by atoms with van der Waals surface area (Å²) in [7, 11) is 0. The van der Waals surface area contributed by atoms with Gasteiger partial charge >= 0.3 is 0 Å². The van der Waals surface area contributed by atoms with Gasteiger partial charge in [-0.25, -0.2) is 0 Å². The van der Waals surface area contributed by atoms with Crippen LogP contribution in [0.2, 0.25) is 0 Å². The van der Waals surface area contributed by atoms with Crippen LogP contribution in [0.5, 0.6) is 0 Å². The van der Waals surface area contributed by atoms with Crippen LogP contribution in [0.4, 0.5) is 0 Å². The van der Waals surface area contributed by atoms with Crippen molar-refractivity contribution in [2.24, 2.45) is 0 Å². The van der Waals surface area contributed by atoms with E-state index in [0.29, 0.717) is 12.3 Å². The first-order chi connectivity index (χ1) is 11.7. The third-order valence-corrected chi connectivity index (χ3v) is 4.22. The number of carbonyl (C=O) groups is 1. The molecule has 0 saturated carbocycles. The molecule has 0 aliphatic carbocycles. The molecule has 3 aromatic carbocycles. The summed E-state index contributed by atoms with van der Waals surface area (Å²) in [6, 6.07) is 21.9. The first-order valence-electron chi connectivity index (χ1n) is 7.96. The van der Waals surface area contributed by atoms with Crippen molar-refractivity contribution in [3.05, 3.63) is 83.6 Å². The lowest BCUT2D eigenvalue weighted by molar-refractivity contribution is 0.0925. The summed E-state index contributed by atoms with van der Waals surface area (Å²) < 4.78 is 5.73. The van der Waals surface area contributed by atoms with Crippen LogP contribution in [-0.4, -0.2) is 5.91 Å². The van der Waals surface area contributed by atoms with Crippen molar-refractivity contribution in [3.8, 4) is 0 Å². The van der Waals surface area contributed by atoms with Gasteiger partial charge in [-0.1, -0.05) is 60.2 Å². The van der Waals surface area contributed by atoms with Gasteiger partial charge in [-0.15, -0.1) is 0 Å². The molecule has 1 N–H and O–H groups in total. The van der Waals surface area contributed by atoms with Crippen LogP contribution in [0, 0.1) is 6.92 Å². The number of furan rings is 1. The summed E-state index contributed by atoms with van der Waals surface area (Å²) in [6.45, 7) is 2.53. The van der Waals surface area contributed by atoms with Crippen molar-refractivity contribution in [2.45, 2.75) is 13.5 Å². The number of hydrogen-bond donors (Lipinski definition) is 1. The van der Waals surface area contributed by atoms with E-state index in [-0.39, 0.29) is 5.91 Å². The van der Waals surface area contributed by atoms with Crippen LogP contribution >= 0.6 is 0 Å². The molecular weight excluding hydrogens is 298 g/mol. The van der Waals surface area contributed by atoms with E-state index in [1.807, 2.05) is 67.6 Å². The fourth-order valence-electron chi connectivity index (χ4n) is 2.88. The van der Waals surface area contributed by atoms with Crippen molar-refractivity contribution in [3.63, 3.8) is 0 Å². The molecule has 1 amide bonds. The number of rotatable bonds is 3. The van der Waals surface area contributed by atoms with Crippen LogP contribution < -0.4 is 5.32 Å². The Morgan fingerprint density at radius 1 is 0.958 bits per heavy atom. The second-order valence-electron chi connectivity index (χ2n) is 5.98. The Hall–Kier alpha value is -3.07. The van der Waals surface area contributed by atoms with Gasteiger partial charge in [0.15, 0.2) is 5.76 Å². The van der Waals surface area contributed by atoms with E-state index in [1.54, 1.807) is 0 Å². The van der Waals surface area contributed by atoms with Crippen molar-refractivity contribution in [2.75, 3.05) is 0 Å². The first-order valence-corrected chi connectivity index (χ1v) is 7.96. The Kier molecular flexibility index (Phi) is 3.54. The topological polar surface area (TPSA) is 42.2 Å². The van der Waals surface area contributed by atoms with Gasteiger partial charge in [0, 0.05) is 11.9 Å².